The van der Waals surface area contributed by atoms with Crippen molar-refractivity contribution in [3.63, 3.8) is 0 Å². The number of hydrogen-bond donors (Lipinski definition) is 1. The normalized spacial score (nSPS) is 20.2. The van der Waals surface area contributed by atoms with Crippen LogP contribution in [0.3, 0.4) is 0 Å². The number of carbonyl (C=O) groups is 1. The first-order chi connectivity index (χ1) is 9.98. The lowest BCUT2D eigenvalue weighted by atomic mass is 10.1. The number of carbonyl (C=O) groups excluding carboxylic acids is 1. The quantitative estimate of drug-likeness (QED) is 0.816. The molecule has 116 valence electrons. The second-order valence-corrected chi connectivity index (χ2v) is 5.62. The van der Waals surface area contributed by atoms with Crippen LogP contribution in [-0.4, -0.2) is 38.1 Å². The second kappa shape index (κ2) is 6.91. The van der Waals surface area contributed by atoms with Gasteiger partial charge in [0.15, 0.2) is 5.79 Å². The highest BCUT2D eigenvalue weighted by Gasteiger charge is 2.31. The molecule has 0 saturated carbocycles. The molecule has 1 fully saturated rings. The Morgan fingerprint density at radius 1 is 1.38 bits per heavy atom. The Hall–Kier alpha value is -1.59. The molecule has 0 spiro atoms. The number of nitrogens with one attached hydrogen (secondary N) is 1. The van der Waals surface area contributed by atoms with E-state index in [1.54, 1.807) is 0 Å². The molecule has 5 heteroatoms. The molecule has 1 N–H and O–H groups in total. The third kappa shape index (κ3) is 5.02. The highest BCUT2D eigenvalue weighted by atomic mass is 16.7. The fraction of sp³-hybridized carbons (Fsp3) is 0.562. The van der Waals surface area contributed by atoms with E-state index in [1.807, 2.05) is 38.1 Å². The predicted octanol–water partition coefficient (Wildman–Crippen LogP) is 2.36. The van der Waals surface area contributed by atoms with Crippen LogP contribution in [0.15, 0.2) is 24.3 Å². The number of anilines is 1. The number of benzene rings is 1. The molecule has 1 aliphatic rings. The van der Waals surface area contributed by atoms with Crippen molar-refractivity contribution in [2.45, 2.75) is 38.6 Å². The molecule has 0 aliphatic carbocycles. The van der Waals surface area contributed by atoms with Crippen molar-refractivity contribution in [2.24, 2.45) is 0 Å². The number of hydrogen-bond acceptors (Lipinski definition) is 5. The Kier molecular flexibility index (Phi) is 5.20. The Morgan fingerprint density at radius 2 is 2.10 bits per heavy atom. The van der Waals surface area contributed by atoms with Gasteiger partial charge in [-0.25, -0.2) is 0 Å². The zero-order valence-electron chi connectivity index (χ0n) is 12.8. The minimum Gasteiger partial charge on any atom is -0.469 e. The molecule has 1 saturated heterocycles. The number of ether oxygens (including phenoxy) is 3. The van der Waals surface area contributed by atoms with Gasteiger partial charge in [-0.1, -0.05) is 12.1 Å². The summed E-state index contributed by atoms with van der Waals surface area (Å²) in [5, 5.41) is 3.34. The summed E-state index contributed by atoms with van der Waals surface area (Å²) >= 11 is 0. The minimum absolute atomic E-state index is 0.145. The van der Waals surface area contributed by atoms with Gasteiger partial charge in [0.1, 0.15) is 0 Å². The molecular weight excluding hydrogens is 270 g/mol. The van der Waals surface area contributed by atoms with Crippen LogP contribution in [0.2, 0.25) is 0 Å². The van der Waals surface area contributed by atoms with E-state index in [1.165, 1.54) is 7.11 Å². The molecule has 0 radical (unpaired) electrons. The lowest BCUT2D eigenvalue weighted by molar-refractivity contribution is -0.140. The number of methoxy groups -OCH3 is 1. The first kappa shape index (κ1) is 15.8. The molecule has 2 rings (SSSR count). The first-order valence-corrected chi connectivity index (χ1v) is 7.20. The van der Waals surface area contributed by atoms with Gasteiger partial charge in [-0.3, -0.25) is 4.79 Å². The largest absolute Gasteiger partial charge is 0.469 e. The van der Waals surface area contributed by atoms with Gasteiger partial charge in [0.2, 0.25) is 0 Å². The summed E-state index contributed by atoms with van der Waals surface area (Å²) in [5.74, 6) is -0.683. The van der Waals surface area contributed by atoms with Crippen molar-refractivity contribution in [3.05, 3.63) is 29.8 Å². The molecule has 1 aromatic rings. The summed E-state index contributed by atoms with van der Waals surface area (Å²) in [4.78, 5) is 11.2. The van der Waals surface area contributed by atoms with Crippen LogP contribution in [0, 0.1) is 0 Å². The van der Waals surface area contributed by atoms with Crippen molar-refractivity contribution in [1.29, 1.82) is 0 Å². The molecule has 1 aromatic carbocycles. The molecule has 0 amide bonds. The van der Waals surface area contributed by atoms with Crippen molar-refractivity contribution >= 4 is 11.7 Å². The lowest BCUT2D eigenvalue weighted by Gasteiger charge is -2.17. The summed E-state index contributed by atoms with van der Waals surface area (Å²) in [6.07, 6.45) is 1.35. The van der Waals surface area contributed by atoms with Crippen LogP contribution in [-0.2, 0) is 25.4 Å². The zero-order valence-corrected chi connectivity index (χ0v) is 12.8. The minimum atomic E-state index is -0.458. The number of rotatable bonds is 6. The van der Waals surface area contributed by atoms with Crippen LogP contribution in [0.1, 0.15) is 25.8 Å². The van der Waals surface area contributed by atoms with Gasteiger partial charge in [0, 0.05) is 12.2 Å². The van der Waals surface area contributed by atoms with Gasteiger partial charge in [-0.05, 0) is 38.0 Å². The second-order valence-electron chi connectivity index (χ2n) is 5.62. The molecule has 1 atom stereocenters. The molecule has 0 aromatic heterocycles. The lowest BCUT2D eigenvalue weighted by Crippen LogP contribution is -2.22. The average molecular weight is 293 g/mol. The molecule has 1 unspecified atom stereocenters. The summed E-state index contributed by atoms with van der Waals surface area (Å²) in [6, 6.07) is 7.79. The topological polar surface area (TPSA) is 56.8 Å². The zero-order chi connectivity index (χ0) is 15.3. The van der Waals surface area contributed by atoms with E-state index >= 15 is 0 Å². The van der Waals surface area contributed by atoms with E-state index in [0.29, 0.717) is 13.0 Å². The van der Waals surface area contributed by atoms with Crippen molar-refractivity contribution < 1.29 is 19.0 Å². The van der Waals surface area contributed by atoms with Gasteiger partial charge in [-0.2, -0.15) is 0 Å². The standard InChI is InChI=1S/C16H23NO4/c1-16(2)20-11-14(21-16)8-9-17-13-6-4-12(5-7-13)10-15(18)19-3/h4-7,14,17H,8-11H2,1-3H3. The first-order valence-electron chi connectivity index (χ1n) is 7.20. The smallest absolute Gasteiger partial charge is 0.309 e. The van der Waals surface area contributed by atoms with E-state index < -0.39 is 5.79 Å². The SMILES string of the molecule is COC(=O)Cc1ccc(NCCC2COC(C)(C)O2)cc1. The maximum atomic E-state index is 11.2. The monoisotopic (exact) mass is 293 g/mol. The van der Waals surface area contributed by atoms with Crippen LogP contribution < -0.4 is 5.32 Å². The fourth-order valence-electron chi connectivity index (χ4n) is 2.26. The van der Waals surface area contributed by atoms with Crippen LogP contribution >= 0.6 is 0 Å². The van der Waals surface area contributed by atoms with E-state index in [-0.39, 0.29) is 12.1 Å². The van der Waals surface area contributed by atoms with Gasteiger partial charge < -0.3 is 19.5 Å². The van der Waals surface area contributed by atoms with Gasteiger partial charge in [0.25, 0.3) is 0 Å². The van der Waals surface area contributed by atoms with Crippen LogP contribution in [0.4, 0.5) is 5.69 Å². The van der Waals surface area contributed by atoms with Gasteiger partial charge >= 0.3 is 5.97 Å². The Labute approximate surface area is 125 Å². The summed E-state index contributed by atoms with van der Waals surface area (Å²) in [5.41, 5.74) is 1.98. The van der Waals surface area contributed by atoms with E-state index in [9.17, 15) is 4.79 Å². The van der Waals surface area contributed by atoms with Gasteiger partial charge in [-0.15, -0.1) is 0 Å². The summed E-state index contributed by atoms with van der Waals surface area (Å²) in [6.45, 7) is 5.33. The predicted molar refractivity (Wildman–Crippen MR) is 80.2 cm³/mol. The Balaban J connectivity index is 1.73. The summed E-state index contributed by atoms with van der Waals surface area (Å²) < 4.78 is 15.9. The average Bonchev–Trinajstić information content (AvgIpc) is 2.80. The molecular formula is C16H23NO4. The van der Waals surface area contributed by atoms with E-state index in [4.69, 9.17) is 9.47 Å². The molecule has 5 nitrogen and oxygen atoms in total. The maximum absolute atomic E-state index is 11.2. The van der Waals surface area contributed by atoms with Crippen LogP contribution in [0.25, 0.3) is 0 Å². The Morgan fingerprint density at radius 3 is 2.67 bits per heavy atom. The Bertz CT molecular complexity index is 470. The third-order valence-corrected chi connectivity index (χ3v) is 3.39. The fourth-order valence-corrected chi connectivity index (χ4v) is 2.26. The summed E-state index contributed by atoms with van der Waals surface area (Å²) in [7, 11) is 1.40. The highest BCUT2D eigenvalue weighted by molar-refractivity contribution is 5.72. The molecule has 1 heterocycles. The van der Waals surface area contributed by atoms with Gasteiger partial charge in [0.05, 0.1) is 26.2 Å². The maximum Gasteiger partial charge on any atom is 0.309 e. The van der Waals surface area contributed by atoms with E-state index in [2.05, 4.69) is 10.1 Å². The van der Waals surface area contributed by atoms with Crippen molar-refractivity contribution in [1.82, 2.24) is 0 Å². The number of esters is 1. The molecule has 1 aliphatic heterocycles. The van der Waals surface area contributed by atoms with Crippen LogP contribution in [0.5, 0.6) is 0 Å². The van der Waals surface area contributed by atoms with Crippen molar-refractivity contribution in [3.8, 4) is 0 Å². The molecule has 21 heavy (non-hydrogen) atoms. The highest BCUT2D eigenvalue weighted by Crippen LogP contribution is 2.24. The third-order valence-electron chi connectivity index (χ3n) is 3.39. The molecule has 0 bridgehead atoms. The van der Waals surface area contributed by atoms with Crippen molar-refractivity contribution in [2.75, 3.05) is 25.6 Å². The van der Waals surface area contributed by atoms with E-state index in [0.717, 1.165) is 24.2 Å².